The van der Waals surface area contributed by atoms with Crippen molar-refractivity contribution in [2.45, 2.75) is 12.2 Å². The molecule has 126 valence electrons. The highest BCUT2D eigenvalue weighted by atomic mass is 16.6. The molecule has 2 aromatic rings. The van der Waals surface area contributed by atoms with E-state index in [2.05, 4.69) is 9.97 Å². The molecule has 0 aromatic carbocycles. The molecule has 24 heavy (non-hydrogen) atoms. The van der Waals surface area contributed by atoms with E-state index < -0.39 is 24.2 Å². The first kappa shape index (κ1) is 15.9. The van der Waals surface area contributed by atoms with Crippen molar-refractivity contribution in [3.63, 3.8) is 0 Å². The largest absolute Gasteiger partial charge is 0.481 e. The summed E-state index contributed by atoms with van der Waals surface area (Å²) in [5.74, 6) is -0.478. The van der Waals surface area contributed by atoms with Gasteiger partial charge < -0.3 is 25.2 Å². The number of methoxy groups -OCH3 is 1. The van der Waals surface area contributed by atoms with Gasteiger partial charge in [-0.05, 0) is 12.1 Å². The van der Waals surface area contributed by atoms with Crippen molar-refractivity contribution in [1.29, 1.82) is 0 Å². The molecule has 2 atom stereocenters. The van der Waals surface area contributed by atoms with Crippen LogP contribution in [0.4, 0.5) is 4.79 Å². The maximum atomic E-state index is 12.0. The lowest BCUT2D eigenvalue weighted by molar-refractivity contribution is -0.126. The highest BCUT2D eigenvalue weighted by Crippen LogP contribution is 2.30. The number of rotatable bonds is 5. The van der Waals surface area contributed by atoms with Crippen LogP contribution < -0.4 is 10.5 Å². The summed E-state index contributed by atoms with van der Waals surface area (Å²) in [7, 11) is 1.51. The van der Waals surface area contributed by atoms with Crippen molar-refractivity contribution < 1.29 is 24.2 Å². The molecular formula is C15H16N4O5. The number of β-amino-alcohol motifs (C(OH)–C–C–N with tert-alkyl or cyclic N) is 1. The lowest BCUT2D eigenvalue weighted by Gasteiger charge is -2.15. The second-order valence-corrected chi connectivity index (χ2v) is 5.32. The van der Waals surface area contributed by atoms with Gasteiger partial charge in [-0.25, -0.2) is 9.78 Å². The lowest BCUT2D eigenvalue weighted by Crippen LogP contribution is -2.40. The summed E-state index contributed by atoms with van der Waals surface area (Å²) in [4.78, 5) is 32.7. The number of carbonyl (C=O) groups is 2. The Bertz CT molecular complexity index is 797. The van der Waals surface area contributed by atoms with Gasteiger partial charge in [-0.2, -0.15) is 0 Å². The third kappa shape index (κ3) is 2.93. The summed E-state index contributed by atoms with van der Waals surface area (Å²) < 4.78 is 10.5. The molecule has 0 saturated carbocycles. The lowest BCUT2D eigenvalue weighted by atomic mass is 10.1. The standard InChI is InChI=1S/C15H16N4O5/c1-23-12-3-2-9-13(18-12)8(4-5-17-9)11-7-19(15(22)24-11)6-10(20)14(16)21/h2-5,10-11,20H,6-7H2,1H3,(H2,16,21)/t10-,11+/m1/s1. The minimum absolute atomic E-state index is 0.168. The van der Waals surface area contributed by atoms with Crippen LogP contribution >= 0.6 is 0 Å². The highest BCUT2D eigenvalue weighted by Gasteiger charge is 2.35. The summed E-state index contributed by atoms with van der Waals surface area (Å²) in [6, 6.07) is 5.16. The van der Waals surface area contributed by atoms with E-state index in [1.54, 1.807) is 24.4 Å². The van der Waals surface area contributed by atoms with Crippen LogP contribution in [0.2, 0.25) is 0 Å². The van der Waals surface area contributed by atoms with E-state index in [1.807, 2.05) is 0 Å². The summed E-state index contributed by atoms with van der Waals surface area (Å²) in [6.07, 6.45) is -1.07. The van der Waals surface area contributed by atoms with Gasteiger partial charge in [0.25, 0.3) is 0 Å². The number of fused-ring (bicyclic) bond motifs is 1. The Balaban J connectivity index is 1.88. The van der Waals surface area contributed by atoms with E-state index >= 15 is 0 Å². The average molecular weight is 332 g/mol. The van der Waals surface area contributed by atoms with Crippen molar-refractivity contribution in [3.05, 3.63) is 30.0 Å². The van der Waals surface area contributed by atoms with E-state index in [0.29, 0.717) is 22.5 Å². The van der Waals surface area contributed by atoms with Gasteiger partial charge in [0, 0.05) is 17.8 Å². The summed E-state index contributed by atoms with van der Waals surface area (Å²) in [5, 5.41) is 9.54. The van der Waals surface area contributed by atoms with E-state index in [-0.39, 0.29) is 13.1 Å². The Kier molecular flexibility index (Phi) is 4.17. The Morgan fingerprint density at radius 2 is 2.33 bits per heavy atom. The van der Waals surface area contributed by atoms with Gasteiger partial charge in [-0.1, -0.05) is 0 Å². The SMILES string of the molecule is COc1ccc2nccc([C@@H]3CN(C[C@@H](O)C(N)=O)C(=O)O3)c2n1. The molecule has 1 saturated heterocycles. The van der Waals surface area contributed by atoms with Crippen LogP contribution in [0.15, 0.2) is 24.4 Å². The molecule has 3 heterocycles. The van der Waals surface area contributed by atoms with Crippen LogP contribution in [0.5, 0.6) is 5.88 Å². The molecular weight excluding hydrogens is 316 g/mol. The zero-order valence-corrected chi connectivity index (χ0v) is 12.9. The molecule has 1 aliphatic heterocycles. The number of aromatic nitrogens is 2. The van der Waals surface area contributed by atoms with E-state index in [1.165, 1.54) is 12.0 Å². The maximum Gasteiger partial charge on any atom is 0.410 e. The van der Waals surface area contributed by atoms with Crippen LogP contribution in [0, 0.1) is 0 Å². The monoisotopic (exact) mass is 332 g/mol. The molecule has 2 amide bonds. The minimum atomic E-state index is -1.44. The first-order valence-electron chi connectivity index (χ1n) is 7.22. The number of hydrogen-bond donors (Lipinski definition) is 2. The van der Waals surface area contributed by atoms with Crippen molar-refractivity contribution >= 4 is 23.0 Å². The molecule has 0 radical (unpaired) electrons. The van der Waals surface area contributed by atoms with Gasteiger partial charge in [0.1, 0.15) is 12.2 Å². The normalized spacial score (nSPS) is 18.5. The average Bonchev–Trinajstić information content (AvgIpc) is 2.94. The molecule has 3 N–H and O–H groups in total. The Labute approximate surface area is 137 Å². The van der Waals surface area contributed by atoms with Crippen LogP contribution in [-0.2, 0) is 9.53 Å². The number of primary amides is 1. The van der Waals surface area contributed by atoms with Crippen molar-refractivity contribution in [2.75, 3.05) is 20.2 Å². The number of nitrogens with zero attached hydrogens (tertiary/aromatic N) is 3. The molecule has 2 aromatic heterocycles. The highest BCUT2D eigenvalue weighted by molar-refractivity contribution is 5.81. The molecule has 9 heteroatoms. The minimum Gasteiger partial charge on any atom is -0.481 e. The zero-order chi connectivity index (χ0) is 17.3. The van der Waals surface area contributed by atoms with Crippen LogP contribution in [0.1, 0.15) is 11.7 Å². The number of aliphatic hydroxyl groups is 1. The van der Waals surface area contributed by atoms with Crippen molar-refractivity contribution in [2.24, 2.45) is 5.73 Å². The smallest absolute Gasteiger partial charge is 0.410 e. The molecule has 9 nitrogen and oxygen atoms in total. The molecule has 0 spiro atoms. The number of cyclic esters (lactones) is 1. The zero-order valence-electron chi connectivity index (χ0n) is 12.9. The van der Waals surface area contributed by atoms with Gasteiger partial charge in [0.15, 0.2) is 0 Å². The summed E-state index contributed by atoms with van der Waals surface area (Å²) in [5.41, 5.74) is 6.88. The van der Waals surface area contributed by atoms with Gasteiger partial charge >= 0.3 is 6.09 Å². The number of hydrogen-bond acceptors (Lipinski definition) is 7. The number of pyridine rings is 2. The topological polar surface area (TPSA) is 128 Å². The summed E-state index contributed by atoms with van der Waals surface area (Å²) >= 11 is 0. The fourth-order valence-corrected chi connectivity index (χ4v) is 2.52. The van der Waals surface area contributed by atoms with E-state index in [4.69, 9.17) is 15.2 Å². The second-order valence-electron chi connectivity index (χ2n) is 5.32. The van der Waals surface area contributed by atoms with Crippen molar-refractivity contribution in [1.82, 2.24) is 14.9 Å². The quantitative estimate of drug-likeness (QED) is 0.787. The fourth-order valence-electron chi connectivity index (χ4n) is 2.52. The van der Waals surface area contributed by atoms with Gasteiger partial charge in [0.05, 0.1) is 31.2 Å². The predicted octanol–water partition coefficient (Wildman–Crippen LogP) is -0.0221. The molecule has 0 unspecified atom stereocenters. The Morgan fingerprint density at radius 3 is 3.04 bits per heavy atom. The first-order valence-corrected chi connectivity index (χ1v) is 7.22. The van der Waals surface area contributed by atoms with Crippen LogP contribution in [0.3, 0.4) is 0 Å². The number of aliphatic hydroxyl groups excluding tert-OH is 1. The van der Waals surface area contributed by atoms with Crippen LogP contribution in [-0.4, -0.2) is 58.3 Å². The maximum absolute atomic E-state index is 12.0. The molecule has 1 fully saturated rings. The van der Waals surface area contributed by atoms with E-state index in [9.17, 15) is 14.7 Å². The number of ether oxygens (including phenoxy) is 2. The number of nitrogens with two attached hydrogens (primary N) is 1. The molecule has 0 bridgehead atoms. The molecule has 3 rings (SSSR count). The number of carbonyl (C=O) groups excluding carboxylic acids is 2. The van der Waals surface area contributed by atoms with Crippen molar-refractivity contribution in [3.8, 4) is 5.88 Å². The Hall–Kier alpha value is -2.94. The second kappa shape index (κ2) is 6.28. The summed E-state index contributed by atoms with van der Waals surface area (Å²) in [6.45, 7) is -0.0500. The molecule has 0 aliphatic carbocycles. The Morgan fingerprint density at radius 1 is 1.54 bits per heavy atom. The number of amides is 2. The fraction of sp³-hybridized carbons (Fsp3) is 0.333. The van der Waals surface area contributed by atoms with Gasteiger partial charge in [-0.3, -0.25) is 9.78 Å². The first-order chi connectivity index (χ1) is 11.5. The predicted molar refractivity (Wildman–Crippen MR) is 82.1 cm³/mol. The van der Waals surface area contributed by atoms with Gasteiger partial charge in [-0.15, -0.1) is 0 Å². The molecule has 1 aliphatic rings. The van der Waals surface area contributed by atoms with E-state index in [0.717, 1.165) is 0 Å². The third-order valence-electron chi connectivity index (χ3n) is 3.75. The van der Waals surface area contributed by atoms with Gasteiger partial charge in [0.2, 0.25) is 11.8 Å². The third-order valence-corrected chi connectivity index (χ3v) is 3.75. The van der Waals surface area contributed by atoms with Crippen LogP contribution in [0.25, 0.3) is 11.0 Å².